The van der Waals surface area contributed by atoms with E-state index >= 15 is 0 Å². The van der Waals surface area contributed by atoms with E-state index < -0.39 is 17.0 Å². The van der Waals surface area contributed by atoms with Gasteiger partial charge in [0.05, 0.1) is 10.8 Å². The molecule has 0 aliphatic heterocycles. The van der Waals surface area contributed by atoms with Gasteiger partial charge >= 0.3 is 6.18 Å². The maximum Gasteiger partial charge on any atom is 0.416 e. The van der Waals surface area contributed by atoms with Gasteiger partial charge in [0.15, 0.2) is 5.16 Å². The molecule has 30 heavy (non-hydrogen) atoms. The maximum atomic E-state index is 12.7. The van der Waals surface area contributed by atoms with Crippen molar-refractivity contribution in [2.24, 2.45) is 0 Å². The molecule has 0 radical (unpaired) electrons. The second-order valence-corrected chi connectivity index (χ2v) is 7.94. The number of alkyl halides is 3. The first-order valence-electron chi connectivity index (χ1n) is 9.38. The highest BCUT2D eigenvalue weighted by molar-refractivity contribution is 8.00. The van der Waals surface area contributed by atoms with Crippen molar-refractivity contribution in [3.8, 4) is 0 Å². The molecule has 0 bridgehead atoms. The van der Waals surface area contributed by atoms with Crippen LogP contribution in [0.4, 0.5) is 18.9 Å². The van der Waals surface area contributed by atoms with Gasteiger partial charge in [-0.05, 0) is 43.7 Å². The second kappa shape index (κ2) is 9.34. The number of rotatable bonds is 7. The first kappa shape index (κ1) is 21.9. The summed E-state index contributed by atoms with van der Waals surface area (Å²) in [6.45, 7) is 4.36. The Bertz CT molecular complexity index is 988. The fourth-order valence-corrected chi connectivity index (χ4v) is 3.76. The fraction of sp³-hybridized carbons (Fsp3) is 0.286. The van der Waals surface area contributed by atoms with Gasteiger partial charge in [0.25, 0.3) is 0 Å². The summed E-state index contributed by atoms with van der Waals surface area (Å²) in [4.78, 5) is 12.5. The fourth-order valence-electron chi connectivity index (χ4n) is 2.83. The van der Waals surface area contributed by atoms with Gasteiger partial charge in [-0.2, -0.15) is 13.2 Å². The predicted molar refractivity (Wildman–Crippen MR) is 110 cm³/mol. The van der Waals surface area contributed by atoms with Crippen LogP contribution in [-0.2, 0) is 23.9 Å². The summed E-state index contributed by atoms with van der Waals surface area (Å²) in [5.41, 5.74) is 0.663. The Morgan fingerprint density at radius 3 is 2.37 bits per heavy atom. The van der Waals surface area contributed by atoms with Crippen LogP contribution in [0.5, 0.6) is 0 Å². The minimum absolute atomic E-state index is 0.308. The van der Waals surface area contributed by atoms with Gasteiger partial charge in [-0.3, -0.25) is 4.79 Å². The van der Waals surface area contributed by atoms with Gasteiger partial charge in [-0.25, -0.2) is 0 Å². The van der Waals surface area contributed by atoms with Gasteiger partial charge in [0.1, 0.15) is 5.82 Å². The molecule has 0 saturated carbocycles. The number of nitrogens with zero attached hydrogens (tertiary/aromatic N) is 3. The van der Waals surface area contributed by atoms with Crippen molar-refractivity contribution < 1.29 is 18.0 Å². The zero-order chi connectivity index (χ0) is 21.7. The number of amides is 1. The molecule has 3 aromatic rings. The summed E-state index contributed by atoms with van der Waals surface area (Å²) in [7, 11) is 0. The first-order chi connectivity index (χ1) is 14.3. The van der Waals surface area contributed by atoms with Gasteiger partial charge in [-0.15, -0.1) is 10.2 Å². The molecule has 1 atom stereocenters. The van der Waals surface area contributed by atoms with E-state index in [0.29, 0.717) is 23.8 Å². The normalized spacial score (nSPS) is 12.6. The van der Waals surface area contributed by atoms with Crippen LogP contribution in [0.1, 0.15) is 30.8 Å². The largest absolute Gasteiger partial charge is 0.416 e. The molecule has 5 nitrogen and oxygen atoms in total. The molecule has 0 aliphatic rings. The second-order valence-electron chi connectivity index (χ2n) is 6.63. The lowest BCUT2D eigenvalue weighted by atomic mass is 10.1. The zero-order valence-electron chi connectivity index (χ0n) is 16.5. The van der Waals surface area contributed by atoms with Gasteiger partial charge in [0.2, 0.25) is 5.91 Å². The van der Waals surface area contributed by atoms with E-state index in [1.165, 1.54) is 23.9 Å². The average molecular weight is 434 g/mol. The minimum atomic E-state index is -4.41. The standard InChI is InChI=1S/C21H21F3N4OS/c1-3-28-18(13-15-7-5-4-6-8-15)26-27-20(28)30-14(2)19(29)25-17-11-9-16(10-12-17)21(22,23)24/h4-12,14H,3,13H2,1-2H3,(H,25,29). The lowest BCUT2D eigenvalue weighted by Crippen LogP contribution is -2.23. The number of nitrogens with one attached hydrogen (secondary N) is 1. The lowest BCUT2D eigenvalue weighted by molar-refractivity contribution is -0.137. The number of anilines is 1. The highest BCUT2D eigenvalue weighted by Gasteiger charge is 2.30. The number of hydrogen-bond donors (Lipinski definition) is 1. The topological polar surface area (TPSA) is 59.8 Å². The highest BCUT2D eigenvalue weighted by atomic mass is 32.2. The van der Waals surface area contributed by atoms with Gasteiger partial charge in [-0.1, -0.05) is 42.1 Å². The smallest absolute Gasteiger partial charge is 0.325 e. The quantitative estimate of drug-likeness (QED) is 0.530. The van der Waals surface area contributed by atoms with Crippen molar-refractivity contribution in [1.82, 2.24) is 14.8 Å². The van der Waals surface area contributed by atoms with E-state index in [-0.39, 0.29) is 5.91 Å². The number of benzene rings is 2. The molecule has 1 N–H and O–H groups in total. The number of halogens is 3. The zero-order valence-corrected chi connectivity index (χ0v) is 17.3. The number of aromatic nitrogens is 3. The molecule has 0 fully saturated rings. The highest BCUT2D eigenvalue weighted by Crippen LogP contribution is 2.30. The van der Waals surface area contributed by atoms with Crippen LogP contribution in [0, 0.1) is 0 Å². The molecule has 0 spiro atoms. The average Bonchev–Trinajstić information content (AvgIpc) is 3.09. The van der Waals surface area contributed by atoms with Gasteiger partial charge in [0, 0.05) is 18.7 Å². The van der Waals surface area contributed by atoms with Crippen LogP contribution in [0.15, 0.2) is 59.8 Å². The molecular weight excluding hydrogens is 413 g/mol. The number of carbonyl (C=O) groups excluding carboxylic acids is 1. The summed E-state index contributed by atoms with van der Waals surface area (Å²) in [6.07, 6.45) is -3.78. The van der Waals surface area contributed by atoms with Crippen LogP contribution < -0.4 is 5.32 Å². The molecule has 1 aromatic heterocycles. The molecule has 1 unspecified atom stereocenters. The van der Waals surface area contributed by atoms with E-state index in [1.807, 2.05) is 41.8 Å². The number of carbonyl (C=O) groups is 1. The Hall–Kier alpha value is -2.81. The van der Waals surface area contributed by atoms with Crippen LogP contribution >= 0.6 is 11.8 Å². The lowest BCUT2D eigenvalue weighted by Gasteiger charge is -2.13. The molecule has 158 valence electrons. The van der Waals surface area contributed by atoms with Crippen molar-refractivity contribution >= 4 is 23.4 Å². The van der Waals surface area contributed by atoms with E-state index in [9.17, 15) is 18.0 Å². The molecule has 3 rings (SSSR count). The van der Waals surface area contributed by atoms with E-state index in [2.05, 4.69) is 15.5 Å². The SMILES string of the molecule is CCn1c(Cc2ccccc2)nnc1SC(C)C(=O)Nc1ccc(C(F)(F)F)cc1. The maximum absolute atomic E-state index is 12.7. The summed E-state index contributed by atoms with van der Waals surface area (Å²) in [5.74, 6) is 0.483. The van der Waals surface area contributed by atoms with E-state index in [1.54, 1.807) is 6.92 Å². The minimum Gasteiger partial charge on any atom is -0.325 e. The van der Waals surface area contributed by atoms with Crippen molar-refractivity contribution in [3.05, 3.63) is 71.5 Å². The summed E-state index contributed by atoms with van der Waals surface area (Å²) in [5, 5.41) is 11.2. The Morgan fingerprint density at radius 2 is 1.77 bits per heavy atom. The van der Waals surface area contributed by atoms with Crippen molar-refractivity contribution in [2.45, 2.75) is 43.4 Å². The third-order valence-corrected chi connectivity index (χ3v) is 5.53. The van der Waals surface area contributed by atoms with E-state index in [4.69, 9.17) is 0 Å². The number of thioether (sulfide) groups is 1. The van der Waals surface area contributed by atoms with E-state index in [0.717, 1.165) is 23.5 Å². The van der Waals surface area contributed by atoms with Crippen molar-refractivity contribution in [3.63, 3.8) is 0 Å². The summed E-state index contributed by atoms with van der Waals surface area (Å²) < 4.78 is 39.9. The molecule has 0 aliphatic carbocycles. The predicted octanol–water partition coefficient (Wildman–Crippen LogP) is 5.03. The molecular formula is C21H21F3N4OS. The summed E-state index contributed by atoms with van der Waals surface area (Å²) >= 11 is 1.26. The van der Waals surface area contributed by atoms with Crippen LogP contribution in [-0.4, -0.2) is 25.9 Å². The van der Waals surface area contributed by atoms with Crippen molar-refractivity contribution in [1.29, 1.82) is 0 Å². The van der Waals surface area contributed by atoms with Crippen LogP contribution in [0.2, 0.25) is 0 Å². The monoisotopic (exact) mass is 434 g/mol. The first-order valence-corrected chi connectivity index (χ1v) is 10.3. The molecule has 1 amide bonds. The Morgan fingerprint density at radius 1 is 1.10 bits per heavy atom. The number of hydrogen-bond acceptors (Lipinski definition) is 4. The Labute approximate surface area is 176 Å². The Kier molecular flexibility index (Phi) is 6.81. The molecule has 2 aromatic carbocycles. The third kappa shape index (κ3) is 5.41. The molecule has 0 saturated heterocycles. The van der Waals surface area contributed by atoms with Crippen LogP contribution in [0.25, 0.3) is 0 Å². The third-order valence-electron chi connectivity index (χ3n) is 4.45. The van der Waals surface area contributed by atoms with Gasteiger partial charge < -0.3 is 9.88 Å². The molecule has 9 heteroatoms. The summed E-state index contributed by atoms with van der Waals surface area (Å²) in [6, 6.07) is 14.3. The Balaban J connectivity index is 1.65. The van der Waals surface area contributed by atoms with Crippen molar-refractivity contribution in [2.75, 3.05) is 5.32 Å². The van der Waals surface area contributed by atoms with Crippen LogP contribution in [0.3, 0.4) is 0 Å². The molecule has 1 heterocycles.